The molecule has 2 aromatic rings. The Labute approximate surface area is 179 Å². The maximum Gasteiger partial charge on any atom is 0.383 e. The molecule has 0 spiro atoms. The van der Waals surface area contributed by atoms with Crippen LogP contribution in [0.1, 0.15) is 61.3 Å². The summed E-state index contributed by atoms with van der Waals surface area (Å²) in [5.74, 6) is 1.04. The number of benzene rings is 1. The summed E-state index contributed by atoms with van der Waals surface area (Å²) in [5, 5.41) is 0.608. The molecule has 0 saturated heterocycles. The Morgan fingerprint density at radius 3 is 2.30 bits per heavy atom. The van der Waals surface area contributed by atoms with Gasteiger partial charge in [-0.05, 0) is 79.5 Å². The maximum atomic E-state index is 12.5. The zero-order chi connectivity index (χ0) is 22.3. The first-order chi connectivity index (χ1) is 14.2. The fourth-order valence-corrected chi connectivity index (χ4v) is 2.94. The van der Waals surface area contributed by atoms with Crippen LogP contribution in [0.4, 0.5) is 0 Å². The van der Waals surface area contributed by atoms with E-state index in [0.29, 0.717) is 29.1 Å². The van der Waals surface area contributed by atoms with Gasteiger partial charge in [-0.15, -0.1) is 0 Å². The lowest BCUT2D eigenvalue weighted by atomic mass is 10.1. The third-order valence-corrected chi connectivity index (χ3v) is 4.28. The molecule has 2 rings (SSSR count). The van der Waals surface area contributed by atoms with E-state index in [2.05, 4.69) is 32.9 Å². The SMILES string of the molecule is CC(C)=CCC/C(C)=C/COc1cccc2oc(=O)c(OC(C)C)c(OC(C)C)c12. The van der Waals surface area contributed by atoms with Gasteiger partial charge in [0.05, 0.1) is 12.2 Å². The van der Waals surface area contributed by atoms with Gasteiger partial charge in [-0.3, -0.25) is 0 Å². The van der Waals surface area contributed by atoms with Crippen molar-refractivity contribution in [2.24, 2.45) is 0 Å². The van der Waals surface area contributed by atoms with E-state index in [1.807, 2.05) is 33.8 Å². The number of allylic oxidation sites excluding steroid dienone is 3. The predicted molar refractivity (Wildman–Crippen MR) is 122 cm³/mol. The van der Waals surface area contributed by atoms with Gasteiger partial charge >= 0.3 is 5.63 Å². The molecule has 0 saturated carbocycles. The van der Waals surface area contributed by atoms with Gasteiger partial charge in [-0.2, -0.15) is 0 Å². The summed E-state index contributed by atoms with van der Waals surface area (Å²) < 4.78 is 23.3. The van der Waals surface area contributed by atoms with Gasteiger partial charge in [0.15, 0.2) is 5.75 Å². The standard InChI is InChI=1S/C25H34O5/c1-16(2)10-8-11-19(7)14-15-27-20-12-9-13-21-22(20)23(28-17(3)4)24(25(26)30-21)29-18(5)6/h9-10,12-14,17-18H,8,11,15H2,1-7H3/b19-14+. The minimum Gasteiger partial charge on any atom is -0.489 e. The van der Waals surface area contributed by atoms with Crippen molar-refractivity contribution in [3.05, 3.63) is 51.9 Å². The molecule has 0 unspecified atom stereocenters. The smallest absolute Gasteiger partial charge is 0.383 e. The van der Waals surface area contributed by atoms with E-state index >= 15 is 0 Å². The molecule has 0 aliphatic carbocycles. The summed E-state index contributed by atoms with van der Waals surface area (Å²) in [5.41, 5.74) is 2.45. The van der Waals surface area contributed by atoms with E-state index in [1.165, 1.54) is 11.1 Å². The highest BCUT2D eigenvalue weighted by atomic mass is 16.5. The average molecular weight is 415 g/mol. The lowest BCUT2D eigenvalue weighted by Gasteiger charge is -2.18. The van der Waals surface area contributed by atoms with Gasteiger partial charge in [0.2, 0.25) is 5.75 Å². The minimum atomic E-state index is -0.556. The normalized spacial score (nSPS) is 11.8. The van der Waals surface area contributed by atoms with E-state index in [4.69, 9.17) is 18.6 Å². The van der Waals surface area contributed by atoms with Crippen molar-refractivity contribution < 1.29 is 18.6 Å². The van der Waals surface area contributed by atoms with Crippen LogP contribution in [0.25, 0.3) is 11.0 Å². The second kappa shape index (κ2) is 10.9. The number of rotatable bonds is 10. The summed E-state index contributed by atoms with van der Waals surface area (Å²) in [4.78, 5) is 12.5. The summed E-state index contributed by atoms with van der Waals surface area (Å²) in [7, 11) is 0. The Kier molecular flexibility index (Phi) is 8.58. The van der Waals surface area contributed by atoms with Gasteiger partial charge in [-0.1, -0.05) is 23.3 Å². The van der Waals surface area contributed by atoms with Crippen molar-refractivity contribution in [3.8, 4) is 17.2 Å². The second-order valence-corrected chi connectivity index (χ2v) is 8.19. The Bertz CT molecular complexity index is 959. The van der Waals surface area contributed by atoms with Crippen LogP contribution < -0.4 is 19.8 Å². The van der Waals surface area contributed by atoms with E-state index in [9.17, 15) is 4.79 Å². The van der Waals surface area contributed by atoms with Crippen LogP contribution in [-0.2, 0) is 0 Å². The van der Waals surface area contributed by atoms with E-state index in [1.54, 1.807) is 12.1 Å². The van der Waals surface area contributed by atoms with Gasteiger partial charge in [0, 0.05) is 0 Å². The van der Waals surface area contributed by atoms with Crippen molar-refractivity contribution >= 4 is 11.0 Å². The maximum absolute atomic E-state index is 12.5. The van der Waals surface area contributed by atoms with Crippen molar-refractivity contribution in [1.82, 2.24) is 0 Å². The first kappa shape index (κ1) is 23.6. The molecule has 0 aliphatic rings. The molecule has 1 aromatic heterocycles. The third-order valence-electron chi connectivity index (χ3n) is 4.28. The molecule has 0 fully saturated rings. The fourth-order valence-electron chi connectivity index (χ4n) is 2.94. The molecule has 1 heterocycles. The molecule has 0 amide bonds. The molecule has 0 bridgehead atoms. The Hall–Kier alpha value is -2.69. The lowest BCUT2D eigenvalue weighted by molar-refractivity contribution is 0.192. The number of hydrogen-bond acceptors (Lipinski definition) is 5. The van der Waals surface area contributed by atoms with Crippen molar-refractivity contribution in [2.45, 2.75) is 73.5 Å². The Balaban J connectivity index is 2.38. The predicted octanol–water partition coefficient (Wildman–Crippen LogP) is 6.44. The van der Waals surface area contributed by atoms with Gasteiger partial charge in [0.1, 0.15) is 23.3 Å². The number of hydrogen-bond donors (Lipinski definition) is 0. The zero-order valence-electron chi connectivity index (χ0n) is 19.2. The first-order valence-corrected chi connectivity index (χ1v) is 10.5. The Morgan fingerprint density at radius 2 is 1.67 bits per heavy atom. The van der Waals surface area contributed by atoms with Gasteiger partial charge in [0.25, 0.3) is 0 Å². The molecular weight excluding hydrogens is 380 g/mol. The Morgan fingerprint density at radius 1 is 1.00 bits per heavy atom. The van der Waals surface area contributed by atoms with Crippen LogP contribution in [0.5, 0.6) is 17.2 Å². The van der Waals surface area contributed by atoms with Gasteiger partial charge < -0.3 is 18.6 Å². The summed E-state index contributed by atoms with van der Waals surface area (Å²) in [6.45, 7) is 14.3. The van der Waals surface area contributed by atoms with Crippen molar-refractivity contribution in [3.63, 3.8) is 0 Å². The van der Waals surface area contributed by atoms with E-state index in [0.717, 1.165) is 12.8 Å². The number of ether oxygens (including phenoxy) is 3. The molecule has 1 aromatic carbocycles. The lowest BCUT2D eigenvalue weighted by Crippen LogP contribution is -2.17. The molecule has 0 aliphatic heterocycles. The topological polar surface area (TPSA) is 57.9 Å². The molecule has 0 atom stereocenters. The van der Waals surface area contributed by atoms with Crippen LogP contribution in [0.3, 0.4) is 0 Å². The largest absolute Gasteiger partial charge is 0.489 e. The molecule has 5 nitrogen and oxygen atoms in total. The summed E-state index contributed by atoms with van der Waals surface area (Å²) in [6, 6.07) is 5.38. The van der Waals surface area contributed by atoms with Crippen LogP contribution in [0.15, 0.2) is 50.7 Å². The van der Waals surface area contributed by atoms with Crippen LogP contribution in [0, 0.1) is 0 Å². The molecule has 5 heteroatoms. The summed E-state index contributed by atoms with van der Waals surface area (Å²) >= 11 is 0. The van der Waals surface area contributed by atoms with Crippen molar-refractivity contribution in [2.75, 3.05) is 6.61 Å². The average Bonchev–Trinajstić information content (AvgIpc) is 2.63. The quantitative estimate of drug-likeness (QED) is 0.331. The molecule has 0 radical (unpaired) electrons. The molecular formula is C25H34O5. The first-order valence-electron chi connectivity index (χ1n) is 10.5. The highest BCUT2D eigenvalue weighted by molar-refractivity contribution is 5.91. The fraction of sp³-hybridized carbons (Fsp3) is 0.480. The van der Waals surface area contributed by atoms with Crippen LogP contribution >= 0.6 is 0 Å². The number of fused-ring (bicyclic) bond motifs is 1. The molecule has 30 heavy (non-hydrogen) atoms. The van der Waals surface area contributed by atoms with Crippen LogP contribution in [-0.4, -0.2) is 18.8 Å². The highest BCUT2D eigenvalue weighted by Gasteiger charge is 2.22. The molecule has 0 N–H and O–H groups in total. The van der Waals surface area contributed by atoms with Crippen molar-refractivity contribution in [1.29, 1.82) is 0 Å². The highest BCUT2D eigenvalue weighted by Crippen LogP contribution is 2.39. The van der Waals surface area contributed by atoms with E-state index < -0.39 is 5.63 Å². The second-order valence-electron chi connectivity index (χ2n) is 8.19. The molecule has 164 valence electrons. The van der Waals surface area contributed by atoms with Gasteiger partial charge in [-0.25, -0.2) is 4.79 Å². The zero-order valence-corrected chi connectivity index (χ0v) is 19.2. The minimum absolute atomic E-state index is 0.0793. The monoisotopic (exact) mass is 414 g/mol. The van der Waals surface area contributed by atoms with Crippen LogP contribution in [0.2, 0.25) is 0 Å². The van der Waals surface area contributed by atoms with E-state index in [-0.39, 0.29) is 18.0 Å². The summed E-state index contributed by atoms with van der Waals surface area (Å²) in [6.07, 6.45) is 5.98. The third kappa shape index (κ3) is 6.68.